The first-order chi connectivity index (χ1) is 8.91. The number of hydrogen-bond donors (Lipinski definition) is 2. The quantitative estimate of drug-likeness (QED) is 0.872. The number of aromatic nitrogens is 2. The zero-order chi connectivity index (χ0) is 13.8. The van der Waals surface area contributed by atoms with Gasteiger partial charge in [0.1, 0.15) is 0 Å². The fourth-order valence-corrected chi connectivity index (χ4v) is 3.36. The van der Waals surface area contributed by atoms with E-state index < -0.39 is 0 Å². The number of H-pyrrole nitrogens is 1. The van der Waals surface area contributed by atoms with Gasteiger partial charge >= 0.3 is 0 Å². The maximum atomic E-state index is 6.10. The molecule has 0 aliphatic heterocycles. The van der Waals surface area contributed by atoms with Gasteiger partial charge < -0.3 is 10.7 Å². The third kappa shape index (κ3) is 2.01. The molecule has 0 spiro atoms. The molecule has 3 rings (SSSR count). The van der Waals surface area contributed by atoms with Gasteiger partial charge in [-0.15, -0.1) is 0 Å². The Balaban J connectivity index is 1.95. The lowest BCUT2D eigenvalue weighted by molar-refractivity contribution is 0.598. The van der Waals surface area contributed by atoms with Gasteiger partial charge in [0, 0.05) is 11.6 Å². The van der Waals surface area contributed by atoms with Crippen molar-refractivity contribution in [1.29, 1.82) is 0 Å². The highest BCUT2D eigenvalue weighted by Crippen LogP contribution is 2.69. The summed E-state index contributed by atoms with van der Waals surface area (Å²) in [7, 11) is 0. The van der Waals surface area contributed by atoms with Crippen molar-refractivity contribution in [2.45, 2.75) is 25.7 Å². The van der Waals surface area contributed by atoms with E-state index in [1.54, 1.807) is 0 Å². The Hall–Kier alpha value is -1.19. The molecule has 0 unspecified atom stereocenters. The number of nitrogen functional groups attached to an aromatic ring is 1. The molecule has 1 heterocycles. The molecule has 0 radical (unpaired) electrons. The summed E-state index contributed by atoms with van der Waals surface area (Å²) in [6.07, 6.45) is 1.82. The molecule has 1 aromatic carbocycles. The van der Waals surface area contributed by atoms with Crippen LogP contribution in [-0.4, -0.2) is 9.97 Å². The van der Waals surface area contributed by atoms with Crippen LogP contribution in [0.15, 0.2) is 24.4 Å². The largest absolute Gasteiger partial charge is 0.369 e. The Bertz CT molecular complexity index is 633. The first kappa shape index (κ1) is 12.8. The van der Waals surface area contributed by atoms with Gasteiger partial charge in [0.15, 0.2) is 5.95 Å². The van der Waals surface area contributed by atoms with Gasteiger partial charge in [0.25, 0.3) is 0 Å². The van der Waals surface area contributed by atoms with Crippen LogP contribution in [0, 0.1) is 5.41 Å². The smallest absolute Gasteiger partial charge is 0.197 e. The monoisotopic (exact) mass is 295 g/mol. The molecule has 2 aromatic rings. The molecule has 1 saturated carbocycles. The maximum absolute atomic E-state index is 6.10. The van der Waals surface area contributed by atoms with Crippen LogP contribution in [-0.2, 0) is 0 Å². The highest BCUT2D eigenvalue weighted by Gasteiger charge is 2.59. The van der Waals surface area contributed by atoms with E-state index >= 15 is 0 Å². The SMILES string of the molecule is CC1(C)[C@H](c2ccc(Cl)c(Cl)c2)[C@H]1c1cnc(N)[nH]1. The Morgan fingerprint density at radius 1 is 1.21 bits per heavy atom. The van der Waals surface area contributed by atoms with Crippen LogP contribution >= 0.6 is 23.2 Å². The number of hydrogen-bond acceptors (Lipinski definition) is 2. The minimum atomic E-state index is 0.163. The van der Waals surface area contributed by atoms with Gasteiger partial charge in [0.05, 0.1) is 16.2 Å². The van der Waals surface area contributed by atoms with Gasteiger partial charge in [-0.2, -0.15) is 0 Å². The summed E-state index contributed by atoms with van der Waals surface area (Å²) in [5, 5.41) is 1.19. The molecule has 1 aromatic heterocycles. The number of anilines is 1. The number of benzene rings is 1. The van der Waals surface area contributed by atoms with E-state index in [2.05, 4.69) is 23.8 Å². The van der Waals surface area contributed by atoms with Crippen LogP contribution in [0.2, 0.25) is 10.0 Å². The van der Waals surface area contributed by atoms with Crippen molar-refractivity contribution in [2.75, 3.05) is 5.73 Å². The van der Waals surface area contributed by atoms with Gasteiger partial charge in [0.2, 0.25) is 0 Å². The zero-order valence-electron chi connectivity index (χ0n) is 10.7. The Labute approximate surface area is 122 Å². The molecule has 100 valence electrons. The molecule has 19 heavy (non-hydrogen) atoms. The van der Waals surface area contributed by atoms with E-state index in [9.17, 15) is 0 Å². The second kappa shape index (κ2) is 4.15. The summed E-state index contributed by atoms with van der Waals surface area (Å²) in [5.41, 5.74) is 8.11. The molecular weight excluding hydrogens is 281 g/mol. The Morgan fingerprint density at radius 3 is 2.53 bits per heavy atom. The minimum Gasteiger partial charge on any atom is -0.369 e. The molecule has 1 aliphatic rings. The second-order valence-electron chi connectivity index (χ2n) is 5.67. The van der Waals surface area contributed by atoms with E-state index in [1.807, 2.05) is 24.4 Å². The Kier molecular flexibility index (Phi) is 2.80. The second-order valence-corrected chi connectivity index (χ2v) is 6.49. The van der Waals surface area contributed by atoms with Crippen LogP contribution in [0.25, 0.3) is 0 Å². The number of nitrogens with two attached hydrogens (primary N) is 1. The number of nitrogens with zero attached hydrogens (tertiary/aromatic N) is 1. The van der Waals surface area contributed by atoms with Crippen LogP contribution < -0.4 is 5.73 Å². The molecule has 1 aliphatic carbocycles. The number of rotatable bonds is 2. The minimum absolute atomic E-state index is 0.163. The lowest BCUT2D eigenvalue weighted by Crippen LogP contribution is -1.91. The van der Waals surface area contributed by atoms with Crippen molar-refractivity contribution in [2.24, 2.45) is 5.41 Å². The molecule has 1 fully saturated rings. The van der Waals surface area contributed by atoms with Crippen molar-refractivity contribution in [3.63, 3.8) is 0 Å². The third-order valence-electron chi connectivity index (χ3n) is 4.08. The average molecular weight is 296 g/mol. The van der Waals surface area contributed by atoms with Crippen LogP contribution in [0.5, 0.6) is 0 Å². The van der Waals surface area contributed by atoms with Crippen LogP contribution in [0.3, 0.4) is 0 Å². The van der Waals surface area contributed by atoms with Crippen LogP contribution in [0.1, 0.15) is 36.9 Å². The molecule has 0 bridgehead atoms. The summed E-state index contributed by atoms with van der Waals surface area (Å²) in [6, 6.07) is 5.85. The van der Waals surface area contributed by atoms with E-state index in [0.717, 1.165) is 5.69 Å². The third-order valence-corrected chi connectivity index (χ3v) is 4.82. The maximum Gasteiger partial charge on any atom is 0.197 e. The normalized spacial score (nSPS) is 24.4. The van der Waals surface area contributed by atoms with Crippen molar-refractivity contribution >= 4 is 29.2 Å². The number of halogens is 2. The molecule has 2 atom stereocenters. The fourth-order valence-electron chi connectivity index (χ4n) is 3.06. The molecule has 0 amide bonds. The highest BCUT2D eigenvalue weighted by atomic mass is 35.5. The van der Waals surface area contributed by atoms with E-state index in [1.165, 1.54) is 5.56 Å². The van der Waals surface area contributed by atoms with Gasteiger partial charge in [-0.1, -0.05) is 43.1 Å². The van der Waals surface area contributed by atoms with E-state index in [-0.39, 0.29) is 5.41 Å². The summed E-state index contributed by atoms with van der Waals surface area (Å²) < 4.78 is 0. The first-order valence-electron chi connectivity index (χ1n) is 6.16. The van der Waals surface area contributed by atoms with Gasteiger partial charge in [-0.05, 0) is 29.0 Å². The lowest BCUT2D eigenvalue weighted by Gasteiger charge is -2.04. The Morgan fingerprint density at radius 2 is 1.95 bits per heavy atom. The van der Waals surface area contributed by atoms with Gasteiger partial charge in [-0.3, -0.25) is 0 Å². The summed E-state index contributed by atoms with van der Waals surface area (Å²) in [5.74, 6) is 1.25. The van der Waals surface area contributed by atoms with Crippen LogP contribution in [0.4, 0.5) is 5.95 Å². The molecular formula is C14H15Cl2N3. The topological polar surface area (TPSA) is 54.7 Å². The molecule has 5 heteroatoms. The van der Waals surface area contributed by atoms with Crippen molar-refractivity contribution in [1.82, 2.24) is 9.97 Å². The first-order valence-corrected chi connectivity index (χ1v) is 6.92. The van der Waals surface area contributed by atoms with E-state index in [4.69, 9.17) is 28.9 Å². The molecule has 0 saturated heterocycles. The predicted molar refractivity (Wildman–Crippen MR) is 78.7 cm³/mol. The molecule has 3 N–H and O–H groups in total. The molecule has 3 nitrogen and oxygen atoms in total. The van der Waals surface area contributed by atoms with Gasteiger partial charge in [-0.25, -0.2) is 4.98 Å². The van der Waals surface area contributed by atoms with E-state index in [0.29, 0.717) is 27.8 Å². The summed E-state index contributed by atoms with van der Waals surface area (Å²) in [6.45, 7) is 4.48. The van der Waals surface area contributed by atoms with Crippen molar-refractivity contribution in [3.05, 3.63) is 45.7 Å². The zero-order valence-corrected chi connectivity index (χ0v) is 12.3. The lowest BCUT2D eigenvalue weighted by atomic mass is 10.0. The standard InChI is InChI=1S/C14H15Cl2N3/c1-14(2)11(7-3-4-8(15)9(16)5-7)12(14)10-6-18-13(17)19-10/h3-6,11-12H,1-2H3,(H3,17,18,19)/t11-,12-/m1/s1. The van der Waals surface area contributed by atoms with Crippen molar-refractivity contribution < 1.29 is 0 Å². The highest BCUT2D eigenvalue weighted by molar-refractivity contribution is 6.42. The number of imidazole rings is 1. The fraction of sp³-hybridized carbons (Fsp3) is 0.357. The average Bonchev–Trinajstić information content (AvgIpc) is 2.67. The van der Waals surface area contributed by atoms with Crippen molar-refractivity contribution in [3.8, 4) is 0 Å². The summed E-state index contributed by atoms with van der Waals surface area (Å²) in [4.78, 5) is 7.21. The number of aromatic amines is 1. The number of nitrogens with one attached hydrogen (secondary N) is 1. The predicted octanol–water partition coefficient (Wildman–Crippen LogP) is 4.21. The summed E-state index contributed by atoms with van der Waals surface area (Å²) >= 11 is 12.1.